The first-order valence-corrected chi connectivity index (χ1v) is 4.13. The third-order valence-corrected chi connectivity index (χ3v) is 2.22. The van der Waals surface area contributed by atoms with E-state index in [0.29, 0.717) is 5.56 Å². The monoisotopic (exact) mass is 221 g/mol. The number of nitrogens with zero attached hydrogens (tertiary/aromatic N) is 3. The van der Waals surface area contributed by atoms with E-state index in [2.05, 4.69) is 27.0 Å². The lowest BCUT2D eigenvalue weighted by Crippen LogP contribution is -1.83. The summed E-state index contributed by atoms with van der Waals surface area (Å²) in [5.74, 6) is 0. The summed E-state index contributed by atoms with van der Waals surface area (Å²) in [6, 6.07) is 3.86. The number of rotatable bonds is 0. The molecule has 0 saturated carbocycles. The first kappa shape index (κ1) is 7.32. The van der Waals surface area contributed by atoms with E-state index in [9.17, 15) is 0 Å². The van der Waals surface area contributed by atoms with Crippen LogP contribution in [0.4, 0.5) is 0 Å². The van der Waals surface area contributed by atoms with Crippen LogP contribution in [0.15, 0.2) is 29.3 Å². The largest absolute Gasteiger partial charge is 0.319 e. The van der Waals surface area contributed by atoms with Gasteiger partial charge in [0.05, 0.1) is 11.1 Å². The smallest absolute Gasteiger partial charge is 0.130 e. The Morgan fingerprint density at radius 3 is 3.08 bits per heavy atom. The molecular formula is C8H4BrN3. The van der Waals surface area contributed by atoms with Crippen molar-refractivity contribution in [2.75, 3.05) is 0 Å². The van der Waals surface area contributed by atoms with E-state index in [1.54, 1.807) is 24.7 Å². The Hall–Kier alpha value is -1.34. The first-order chi connectivity index (χ1) is 5.81. The van der Waals surface area contributed by atoms with Gasteiger partial charge in [-0.25, -0.2) is 4.98 Å². The van der Waals surface area contributed by atoms with Gasteiger partial charge in [-0.05, 0) is 22.0 Å². The molecular weight excluding hydrogens is 218 g/mol. The average molecular weight is 222 g/mol. The second-order valence-electron chi connectivity index (χ2n) is 2.35. The van der Waals surface area contributed by atoms with Crippen molar-refractivity contribution < 1.29 is 0 Å². The molecule has 0 spiro atoms. The summed E-state index contributed by atoms with van der Waals surface area (Å²) in [5.41, 5.74) is 1.55. The summed E-state index contributed by atoms with van der Waals surface area (Å²) >= 11 is 3.30. The maximum atomic E-state index is 8.63. The summed E-state index contributed by atoms with van der Waals surface area (Å²) < 4.78 is 2.61. The van der Waals surface area contributed by atoms with E-state index in [-0.39, 0.29) is 0 Å². The minimum Gasteiger partial charge on any atom is -0.319 e. The van der Waals surface area contributed by atoms with Crippen molar-refractivity contribution in [2.45, 2.75) is 0 Å². The van der Waals surface area contributed by atoms with Gasteiger partial charge in [-0.1, -0.05) is 0 Å². The first-order valence-electron chi connectivity index (χ1n) is 3.33. The van der Waals surface area contributed by atoms with Gasteiger partial charge in [0, 0.05) is 18.6 Å². The van der Waals surface area contributed by atoms with Crippen molar-refractivity contribution in [3.05, 3.63) is 34.8 Å². The number of hydrogen-bond donors (Lipinski definition) is 0. The van der Waals surface area contributed by atoms with Crippen molar-refractivity contribution in [1.29, 1.82) is 5.26 Å². The molecule has 0 bridgehead atoms. The minimum absolute atomic E-state index is 0.642. The van der Waals surface area contributed by atoms with E-state index in [1.807, 2.05) is 4.40 Å². The molecule has 0 aromatic carbocycles. The fourth-order valence-electron chi connectivity index (χ4n) is 1.07. The highest BCUT2D eigenvalue weighted by Crippen LogP contribution is 2.16. The maximum absolute atomic E-state index is 8.63. The lowest BCUT2D eigenvalue weighted by atomic mass is 10.4. The number of aromatic nitrogens is 2. The molecule has 0 radical (unpaired) electrons. The molecule has 0 amide bonds. The zero-order valence-electron chi connectivity index (χ0n) is 6.03. The topological polar surface area (TPSA) is 41.1 Å². The van der Waals surface area contributed by atoms with Crippen LogP contribution in [0.2, 0.25) is 0 Å². The average Bonchev–Trinajstić information content (AvgIpc) is 2.49. The fourth-order valence-corrected chi connectivity index (χ4v) is 1.50. The number of hydrogen-bond acceptors (Lipinski definition) is 2. The second kappa shape index (κ2) is 2.61. The third kappa shape index (κ3) is 0.990. The molecule has 0 unspecified atom stereocenters. The SMILES string of the molecule is N#Cc1cc2c(Br)nccn2c1. The summed E-state index contributed by atoms with van der Waals surface area (Å²) in [6.45, 7) is 0. The lowest BCUT2D eigenvalue weighted by Gasteiger charge is -1.93. The Balaban J connectivity index is 2.85. The van der Waals surface area contributed by atoms with E-state index >= 15 is 0 Å². The Labute approximate surface area is 77.4 Å². The molecule has 0 fully saturated rings. The van der Waals surface area contributed by atoms with Crippen molar-refractivity contribution in [3.8, 4) is 6.07 Å². The van der Waals surface area contributed by atoms with E-state index in [0.717, 1.165) is 10.1 Å². The van der Waals surface area contributed by atoms with E-state index < -0.39 is 0 Å². The Kier molecular flexibility index (Phi) is 1.59. The molecule has 0 saturated heterocycles. The third-order valence-electron chi connectivity index (χ3n) is 1.60. The van der Waals surface area contributed by atoms with Crippen LogP contribution in [0, 0.1) is 11.3 Å². The standard InChI is InChI=1S/C8H4BrN3/c9-8-7-3-6(4-10)5-12(7)2-1-11-8/h1-3,5H. The van der Waals surface area contributed by atoms with Crippen LogP contribution >= 0.6 is 15.9 Å². The van der Waals surface area contributed by atoms with Gasteiger partial charge in [-0.3, -0.25) is 0 Å². The molecule has 0 aliphatic rings. The van der Waals surface area contributed by atoms with Crippen molar-refractivity contribution in [1.82, 2.24) is 9.38 Å². The van der Waals surface area contributed by atoms with Gasteiger partial charge in [0.2, 0.25) is 0 Å². The molecule has 0 atom stereocenters. The maximum Gasteiger partial charge on any atom is 0.130 e. The summed E-state index contributed by atoms with van der Waals surface area (Å²) in [4.78, 5) is 4.04. The fraction of sp³-hybridized carbons (Fsp3) is 0. The number of nitriles is 1. The predicted molar refractivity (Wildman–Crippen MR) is 47.6 cm³/mol. The van der Waals surface area contributed by atoms with Gasteiger partial charge in [0.1, 0.15) is 10.7 Å². The predicted octanol–water partition coefficient (Wildman–Crippen LogP) is 1.97. The highest BCUT2D eigenvalue weighted by molar-refractivity contribution is 9.10. The highest BCUT2D eigenvalue weighted by Gasteiger charge is 2.01. The molecule has 2 heterocycles. The molecule has 0 N–H and O–H groups in total. The van der Waals surface area contributed by atoms with Crippen LogP contribution in [0.5, 0.6) is 0 Å². The van der Waals surface area contributed by atoms with Crippen LogP contribution in [0.3, 0.4) is 0 Å². The lowest BCUT2D eigenvalue weighted by molar-refractivity contribution is 1.12. The Morgan fingerprint density at radius 2 is 2.42 bits per heavy atom. The highest BCUT2D eigenvalue weighted by atomic mass is 79.9. The van der Waals surface area contributed by atoms with Crippen LogP contribution in [0.25, 0.3) is 5.52 Å². The van der Waals surface area contributed by atoms with Crippen LogP contribution < -0.4 is 0 Å². The molecule has 2 rings (SSSR count). The van der Waals surface area contributed by atoms with Gasteiger partial charge in [-0.15, -0.1) is 0 Å². The summed E-state index contributed by atoms with van der Waals surface area (Å²) in [7, 11) is 0. The molecule has 2 aromatic rings. The van der Waals surface area contributed by atoms with Gasteiger partial charge >= 0.3 is 0 Å². The van der Waals surface area contributed by atoms with Crippen LogP contribution in [0.1, 0.15) is 5.56 Å². The zero-order valence-corrected chi connectivity index (χ0v) is 7.62. The summed E-state index contributed by atoms with van der Waals surface area (Å²) in [6.07, 6.45) is 5.25. The molecule has 4 heteroatoms. The Morgan fingerprint density at radius 1 is 1.58 bits per heavy atom. The molecule has 2 aromatic heterocycles. The van der Waals surface area contributed by atoms with Gasteiger partial charge in [-0.2, -0.15) is 5.26 Å². The zero-order chi connectivity index (χ0) is 8.55. The molecule has 0 aliphatic heterocycles. The van der Waals surface area contributed by atoms with Crippen molar-refractivity contribution in [2.24, 2.45) is 0 Å². The molecule has 58 valence electrons. The number of halogens is 1. The van der Waals surface area contributed by atoms with Crippen LogP contribution in [-0.4, -0.2) is 9.38 Å². The van der Waals surface area contributed by atoms with Crippen molar-refractivity contribution >= 4 is 21.4 Å². The van der Waals surface area contributed by atoms with Gasteiger partial charge in [0.15, 0.2) is 0 Å². The van der Waals surface area contributed by atoms with Gasteiger partial charge < -0.3 is 4.40 Å². The van der Waals surface area contributed by atoms with E-state index in [4.69, 9.17) is 5.26 Å². The second-order valence-corrected chi connectivity index (χ2v) is 3.10. The number of fused-ring (bicyclic) bond motifs is 1. The van der Waals surface area contributed by atoms with Crippen LogP contribution in [-0.2, 0) is 0 Å². The molecule has 3 nitrogen and oxygen atoms in total. The molecule has 12 heavy (non-hydrogen) atoms. The minimum atomic E-state index is 0.642. The van der Waals surface area contributed by atoms with Crippen molar-refractivity contribution in [3.63, 3.8) is 0 Å². The molecule has 0 aliphatic carbocycles. The van der Waals surface area contributed by atoms with E-state index in [1.165, 1.54) is 0 Å². The Bertz CT molecular complexity index is 467. The van der Waals surface area contributed by atoms with Gasteiger partial charge in [0.25, 0.3) is 0 Å². The quantitative estimate of drug-likeness (QED) is 0.683. The summed E-state index contributed by atoms with van der Waals surface area (Å²) in [5, 5.41) is 8.63. The normalized spacial score (nSPS) is 10.0.